The summed E-state index contributed by atoms with van der Waals surface area (Å²) in [5.41, 5.74) is 5.29. The maximum atomic E-state index is 11.5. The normalized spacial score (nSPS) is 21.8. The van der Waals surface area contributed by atoms with Crippen LogP contribution in [-0.2, 0) is 16.8 Å². The molecule has 25 heavy (non-hydrogen) atoms. The molecule has 1 fully saturated rings. The van der Waals surface area contributed by atoms with Gasteiger partial charge in [0, 0.05) is 6.54 Å². The molecule has 1 N–H and O–H groups in total. The first-order valence-corrected chi connectivity index (χ1v) is 10.3. The topological polar surface area (TPSA) is 63.9 Å². The van der Waals surface area contributed by atoms with E-state index in [9.17, 15) is 13.0 Å². The van der Waals surface area contributed by atoms with Gasteiger partial charge in [-0.3, -0.25) is 14.0 Å². The smallest absolute Gasteiger partial charge is 0.273 e. The van der Waals surface area contributed by atoms with Crippen LogP contribution in [0.4, 0.5) is 0 Å². The minimum absolute atomic E-state index is 0.131. The molecule has 1 saturated heterocycles. The lowest BCUT2D eigenvalue weighted by molar-refractivity contribution is -0.530. The minimum Gasteiger partial charge on any atom is -0.273 e. The number of rotatable bonds is 5. The van der Waals surface area contributed by atoms with E-state index in [-0.39, 0.29) is 6.04 Å². The van der Waals surface area contributed by atoms with E-state index in [4.69, 9.17) is 0 Å². The summed E-state index contributed by atoms with van der Waals surface area (Å²) in [7, 11) is -4.09. The van der Waals surface area contributed by atoms with E-state index < -0.39 is 10.3 Å². The lowest BCUT2D eigenvalue weighted by Crippen LogP contribution is -2.42. The van der Waals surface area contributed by atoms with Crippen LogP contribution in [-0.4, -0.2) is 65.3 Å². The van der Waals surface area contributed by atoms with Crippen LogP contribution in [0.15, 0.2) is 12.1 Å². The number of hydrogen-bond donors (Lipinski definition) is 1. The Morgan fingerprint density at radius 1 is 1.20 bits per heavy atom. The largest absolute Gasteiger partial charge is 0.336 e. The molecule has 0 unspecified atom stereocenters. The van der Waals surface area contributed by atoms with Crippen molar-refractivity contribution in [1.29, 1.82) is 0 Å². The van der Waals surface area contributed by atoms with Crippen molar-refractivity contribution < 1.29 is 17.5 Å². The van der Waals surface area contributed by atoms with Crippen molar-refractivity contribution in [1.82, 2.24) is 9.21 Å². The highest BCUT2D eigenvalue weighted by Gasteiger charge is 2.36. The van der Waals surface area contributed by atoms with Gasteiger partial charge in [-0.25, -0.2) is 0 Å². The van der Waals surface area contributed by atoms with Crippen LogP contribution in [0.3, 0.4) is 0 Å². The van der Waals surface area contributed by atoms with Crippen LogP contribution in [0.5, 0.6) is 0 Å². The van der Waals surface area contributed by atoms with E-state index in [1.54, 1.807) is 0 Å². The first-order valence-electron chi connectivity index (χ1n) is 8.88. The summed E-state index contributed by atoms with van der Waals surface area (Å²) in [4.78, 5) is 2.17. The van der Waals surface area contributed by atoms with E-state index >= 15 is 0 Å². The molecule has 2 aliphatic rings. The molecule has 0 radical (unpaired) electrons. The van der Waals surface area contributed by atoms with Gasteiger partial charge >= 0.3 is 10.3 Å². The predicted octanol–water partition coefficient (Wildman–Crippen LogP) is 1.74. The van der Waals surface area contributed by atoms with Crippen LogP contribution >= 0.6 is 0 Å². The Morgan fingerprint density at radius 2 is 1.88 bits per heavy atom. The second kappa shape index (κ2) is 7.05. The molecule has 2 heterocycles. The molecule has 6 nitrogen and oxygen atoms in total. The van der Waals surface area contributed by atoms with Gasteiger partial charge in [0.2, 0.25) is 6.34 Å². The van der Waals surface area contributed by atoms with Gasteiger partial charge in [0.15, 0.2) is 0 Å². The maximum Gasteiger partial charge on any atom is 0.336 e. The van der Waals surface area contributed by atoms with Crippen LogP contribution in [0, 0.1) is 20.8 Å². The Hall–Kier alpha value is -1.44. The summed E-state index contributed by atoms with van der Waals surface area (Å²) < 4.78 is 35.8. The molecule has 1 atom stereocenters. The van der Waals surface area contributed by atoms with Crippen molar-refractivity contribution in [2.75, 3.05) is 26.2 Å². The number of nitrogens with zero attached hydrogens (tertiary/aromatic N) is 3. The molecule has 0 bridgehead atoms. The molecule has 1 aromatic carbocycles. The summed E-state index contributed by atoms with van der Waals surface area (Å²) >= 11 is 0. The summed E-state index contributed by atoms with van der Waals surface area (Å²) in [5, 5.41) is 0. The maximum absolute atomic E-state index is 11.5. The summed E-state index contributed by atoms with van der Waals surface area (Å²) in [6, 6.07) is 4.31. The molecule has 138 valence electrons. The van der Waals surface area contributed by atoms with Crippen molar-refractivity contribution in [3.8, 4) is 0 Å². The van der Waals surface area contributed by atoms with Crippen LogP contribution in [0.2, 0.25) is 0 Å². The zero-order chi connectivity index (χ0) is 18.2. The number of benzene rings is 1. The Bertz CT molecular complexity index is 766. The molecule has 3 rings (SSSR count). The van der Waals surface area contributed by atoms with Crippen LogP contribution < -0.4 is 0 Å². The number of aryl methyl sites for hydroxylation is 3. The Kier molecular flexibility index (Phi) is 5.18. The molecule has 0 amide bonds. The zero-order valence-corrected chi connectivity index (χ0v) is 16.1. The van der Waals surface area contributed by atoms with E-state index in [0.29, 0.717) is 13.1 Å². The van der Waals surface area contributed by atoms with Gasteiger partial charge in [-0.15, -0.1) is 0 Å². The monoisotopic (exact) mass is 366 g/mol. The van der Waals surface area contributed by atoms with Gasteiger partial charge in [0.1, 0.15) is 26.2 Å². The van der Waals surface area contributed by atoms with Gasteiger partial charge in [-0.1, -0.05) is 17.7 Å². The Morgan fingerprint density at radius 3 is 2.52 bits per heavy atom. The molecule has 0 spiro atoms. The Labute approximate surface area is 150 Å². The van der Waals surface area contributed by atoms with Crippen molar-refractivity contribution in [3.63, 3.8) is 0 Å². The van der Waals surface area contributed by atoms with Crippen molar-refractivity contribution in [2.24, 2.45) is 0 Å². The second-order valence-electron chi connectivity index (χ2n) is 7.34. The van der Waals surface area contributed by atoms with Gasteiger partial charge in [0.05, 0.1) is 6.04 Å². The second-order valence-corrected chi connectivity index (χ2v) is 8.71. The third-order valence-corrected chi connectivity index (χ3v) is 6.34. The average Bonchev–Trinajstić information content (AvgIpc) is 3.12. The molecule has 1 aromatic rings. The summed E-state index contributed by atoms with van der Waals surface area (Å²) in [6.45, 7) is 10.2. The average molecular weight is 367 g/mol. The summed E-state index contributed by atoms with van der Waals surface area (Å²) in [5.74, 6) is 0. The third kappa shape index (κ3) is 4.22. The van der Waals surface area contributed by atoms with E-state index in [1.165, 1.54) is 26.6 Å². The van der Waals surface area contributed by atoms with Gasteiger partial charge in [-0.05, 0) is 50.3 Å². The predicted molar refractivity (Wildman–Crippen MR) is 98.4 cm³/mol. The lowest BCUT2D eigenvalue weighted by atomic mass is 10.00. The molecule has 7 heteroatoms. The highest BCUT2D eigenvalue weighted by atomic mass is 32.2. The molecule has 2 aliphatic heterocycles. The number of hydrogen-bond acceptors (Lipinski definition) is 3. The van der Waals surface area contributed by atoms with Crippen LogP contribution in [0.1, 0.15) is 35.1 Å². The molecule has 0 saturated carbocycles. The van der Waals surface area contributed by atoms with Crippen molar-refractivity contribution >= 4 is 16.6 Å². The van der Waals surface area contributed by atoms with Crippen LogP contribution in [0.25, 0.3) is 0 Å². The fourth-order valence-corrected chi connectivity index (χ4v) is 5.00. The molecular formula is C18H28N3O3S+. The fourth-order valence-electron chi connectivity index (χ4n) is 4.09. The van der Waals surface area contributed by atoms with E-state index in [2.05, 4.69) is 48.7 Å². The van der Waals surface area contributed by atoms with E-state index in [0.717, 1.165) is 32.5 Å². The lowest BCUT2D eigenvalue weighted by Gasteiger charge is -2.21. The standard InChI is InChI=1S/C18H27N3O3S/c1-14-9-15(2)18(16(3)10-14)12-20-8-7-19(13-20)11-17-5-4-6-21(17)25(22,23)24/h9-10,13,17H,4-8,11-12H2,1-3H3/p+1/t17-/m0/s1. The first-order chi connectivity index (χ1) is 11.7. The van der Waals surface area contributed by atoms with Gasteiger partial charge in [-0.2, -0.15) is 12.7 Å². The molecular weight excluding hydrogens is 338 g/mol. The summed E-state index contributed by atoms with van der Waals surface area (Å²) in [6.07, 6.45) is 3.73. The zero-order valence-electron chi connectivity index (χ0n) is 15.3. The Balaban J connectivity index is 1.67. The highest BCUT2D eigenvalue weighted by molar-refractivity contribution is 7.83. The SMILES string of the molecule is Cc1cc(C)c(C[N+]2=CN(C[C@@H]3CCCN3S(=O)(=O)O)CC2)c(C)c1. The highest BCUT2D eigenvalue weighted by Crippen LogP contribution is 2.22. The van der Waals surface area contributed by atoms with Crippen molar-refractivity contribution in [2.45, 2.75) is 46.2 Å². The van der Waals surface area contributed by atoms with Crippen molar-refractivity contribution in [3.05, 3.63) is 34.4 Å². The third-order valence-electron chi connectivity index (χ3n) is 5.27. The quantitative estimate of drug-likeness (QED) is 0.637. The van der Waals surface area contributed by atoms with Gasteiger partial charge < -0.3 is 0 Å². The molecule has 0 aliphatic carbocycles. The first kappa shape index (κ1) is 18.4. The molecule has 0 aromatic heterocycles. The van der Waals surface area contributed by atoms with Gasteiger partial charge in [0.25, 0.3) is 0 Å². The fraction of sp³-hybridized carbons (Fsp3) is 0.611. The minimum atomic E-state index is -4.09. The van der Waals surface area contributed by atoms with E-state index in [1.807, 2.05) is 0 Å².